The van der Waals surface area contributed by atoms with Gasteiger partial charge >= 0.3 is 5.97 Å². The van der Waals surface area contributed by atoms with Crippen LogP contribution in [0.25, 0.3) is 10.6 Å². The van der Waals surface area contributed by atoms with Crippen LogP contribution in [0.3, 0.4) is 0 Å². The Bertz CT molecular complexity index is 727. The topological polar surface area (TPSA) is 82.5 Å². The third-order valence-corrected chi connectivity index (χ3v) is 4.92. The molecule has 1 amide bonds. The Kier molecular flexibility index (Phi) is 6.66. The lowest BCUT2D eigenvalue weighted by atomic mass is 10.2. The largest absolute Gasteiger partial charge is 0.480 e. The van der Waals surface area contributed by atoms with Crippen LogP contribution >= 0.6 is 11.3 Å². The quantitative estimate of drug-likeness (QED) is 0.755. The standard InChI is InChI=1S/C18H23N3O3S/c1-12-4-6-15(7-5-12)17-20-10-16(25-17)11-21(13(2)18(23)24)9-8-19-14(3)22/h4-7,10,13H,8-9,11H2,1-3H3,(H,19,22)(H,23,24). The monoisotopic (exact) mass is 361 g/mol. The van der Waals surface area contributed by atoms with Crippen molar-refractivity contribution in [3.8, 4) is 10.6 Å². The Morgan fingerprint density at radius 2 is 2.00 bits per heavy atom. The highest BCUT2D eigenvalue weighted by atomic mass is 32.1. The Hall–Kier alpha value is -2.25. The zero-order valence-electron chi connectivity index (χ0n) is 14.7. The second-order valence-corrected chi connectivity index (χ2v) is 7.08. The first kappa shape index (κ1) is 19.1. The molecular formula is C18H23N3O3S. The van der Waals surface area contributed by atoms with Crippen molar-refractivity contribution in [3.05, 3.63) is 40.9 Å². The number of hydrogen-bond donors (Lipinski definition) is 2. The van der Waals surface area contributed by atoms with Gasteiger partial charge in [0.15, 0.2) is 0 Å². The zero-order valence-corrected chi connectivity index (χ0v) is 15.5. The number of carboxylic acids is 1. The Labute approximate surface area is 151 Å². The predicted octanol–water partition coefficient (Wildman–Crippen LogP) is 2.53. The van der Waals surface area contributed by atoms with Gasteiger partial charge in [-0.25, -0.2) is 4.98 Å². The number of benzene rings is 1. The van der Waals surface area contributed by atoms with Gasteiger partial charge in [-0.2, -0.15) is 0 Å². The molecule has 0 radical (unpaired) electrons. The molecule has 2 N–H and O–H groups in total. The van der Waals surface area contributed by atoms with E-state index >= 15 is 0 Å². The smallest absolute Gasteiger partial charge is 0.320 e. The number of aryl methyl sites for hydroxylation is 1. The van der Waals surface area contributed by atoms with E-state index in [1.807, 2.05) is 36.1 Å². The number of hydrogen-bond acceptors (Lipinski definition) is 5. The van der Waals surface area contributed by atoms with Gasteiger partial charge in [-0.3, -0.25) is 14.5 Å². The summed E-state index contributed by atoms with van der Waals surface area (Å²) in [5.41, 5.74) is 2.25. The van der Waals surface area contributed by atoms with Crippen LogP contribution in [0.15, 0.2) is 30.5 Å². The molecule has 0 aliphatic carbocycles. The molecule has 1 atom stereocenters. The Morgan fingerprint density at radius 1 is 1.32 bits per heavy atom. The zero-order chi connectivity index (χ0) is 18.4. The third-order valence-electron chi connectivity index (χ3n) is 3.89. The highest BCUT2D eigenvalue weighted by Crippen LogP contribution is 2.26. The molecule has 7 heteroatoms. The first-order valence-electron chi connectivity index (χ1n) is 8.10. The lowest BCUT2D eigenvalue weighted by Gasteiger charge is -2.25. The van der Waals surface area contributed by atoms with Crippen LogP contribution in [-0.4, -0.2) is 46.0 Å². The minimum Gasteiger partial charge on any atom is -0.480 e. The molecule has 0 saturated heterocycles. The lowest BCUT2D eigenvalue weighted by Crippen LogP contribution is -2.42. The minimum absolute atomic E-state index is 0.123. The molecule has 25 heavy (non-hydrogen) atoms. The van der Waals surface area contributed by atoms with Gasteiger partial charge in [0.1, 0.15) is 11.0 Å². The molecule has 1 unspecified atom stereocenters. The molecule has 0 aliphatic rings. The van der Waals surface area contributed by atoms with Gasteiger partial charge in [0.2, 0.25) is 5.91 Å². The summed E-state index contributed by atoms with van der Waals surface area (Å²) in [5.74, 6) is -1.01. The number of amides is 1. The summed E-state index contributed by atoms with van der Waals surface area (Å²) in [6.45, 7) is 6.50. The summed E-state index contributed by atoms with van der Waals surface area (Å²) in [4.78, 5) is 29.6. The van der Waals surface area contributed by atoms with Crippen molar-refractivity contribution in [2.45, 2.75) is 33.4 Å². The van der Waals surface area contributed by atoms with E-state index < -0.39 is 12.0 Å². The third kappa shape index (κ3) is 5.65. The van der Waals surface area contributed by atoms with E-state index in [0.717, 1.165) is 15.4 Å². The minimum atomic E-state index is -0.883. The van der Waals surface area contributed by atoms with Gasteiger partial charge in [-0.1, -0.05) is 29.8 Å². The molecule has 0 spiro atoms. The maximum absolute atomic E-state index is 11.3. The second-order valence-electron chi connectivity index (χ2n) is 5.97. The number of aromatic nitrogens is 1. The average Bonchev–Trinajstić information content (AvgIpc) is 3.02. The molecule has 0 aliphatic heterocycles. The maximum atomic E-state index is 11.3. The van der Waals surface area contributed by atoms with Crippen LogP contribution in [0.5, 0.6) is 0 Å². The highest BCUT2D eigenvalue weighted by Gasteiger charge is 2.21. The van der Waals surface area contributed by atoms with Gasteiger partial charge < -0.3 is 10.4 Å². The van der Waals surface area contributed by atoms with Crippen molar-refractivity contribution >= 4 is 23.2 Å². The number of nitrogens with zero attached hydrogens (tertiary/aromatic N) is 2. The van der Waals surface area contributed by atoms with Crippen molar-refractivity contribution in [2.24, 2.45) is 0 Å². The molecule has 1 aromatic heterocycles. The number of rotatable bonds is 8. The molecule has 1 aromatic carbocycles. The van der Waals surface area contributed by atoms with E-state index in [1.165, 1.54) is 12.5 Å². The molecule has 6 nitrogen and oxygen atoms in total. The van der Waals surface area contributed by atoms with Gasteiger partial charge in [-0.15, -0.1) is 11.3 Å². The predicted molar refractivity (Wildman–Crippen MR) is 98.5 cm³/mol. The van der Waals surface area contributed by atoms with Crippen LogP contribution in [0, 0.1) is 6.92 Å². The van der Waals surface area contributed by atoms with E-state index in [1.54, 1.807) is 24.5 Å². The number of thiazole rings is 1. The number of aliphatic carboxylic acids is 1. The van der Waals surface area contributed by atoms with Crippen LogP contribution in [0.1, 0.15) is 24.3 Å². The number of carbonyl (C=O) groups is 2. The number of carboxylic acid groups (broad SMARTS) is 1. The molecule has 0 fully saturated rings. The Balaban J connectivity index is 2.08. The first-order valence-corrected chi connectivity index (χ1v) is 8.91. The van der Waals surface area contributed by atoms with E-state index in [4.69, 9.17) is 0 Å². The van der Waals surface area contributed by atoms with Crippen molar-refractivity contribution in [1.82, 2.24) is 15.2 Å². The summed E-state index contributed by atoms with van der Waals surface area (Å²) in [7, 11) is 0. The van der Waals surface area contributed by atoms with E-state index in [9.17, 15) is 14.7 Å². The van der Waals surface area contributed by atoms with Crippen LogP contribution in [0.4, 0.5) is 0 Å². The fourth-order valence-electron chi connectivity index (χ4n) is 2.35. The van der Waals surface area contributed by atoms with Gasteiger partial charge in [0, 0.05) is 43.2 Å². The highest BCUT2D eigenvalue weighted by molar-refractivity contribution is 7.15. The summed E-state index contributed by atoms with van der Waals surface area (Å²) < 4.78 is 0. The fourth-order valence-corrected chi connectivity index (χ4v) is 3.30. The van der Waals surface area contributed by atoms with Crippen molar-refractivity contribution in [1.29, 1.82) is 0 Å². The molecule has 2 aromatic rings. The number of carbonyl (C=O) groups excluding carboxylic acids is 1. The van der Waals surface area contributed by atoms with E-state index in [2.05, 4.69) is 10.3 Å². The molecule has 0 saturated carbocycles. The van der Waals surface area contributed by atoms with Crippen molar-refractivity contribution < 1.29 is 14.7 Å². The van der Waals surface area contributed by atoms with E-state index in [0.29, 0.717) is 19.6 Å². The van der Waals surface area contributed by atoms with Crippen LogP contribution < -0.4 is 5.32 Å². The van der Waals surface area contributed by atoms with Crippen LogP contribution in [0.2, 0.25) is 0 Å². The maximum Gasteiger partial charge on any atom is 0.320 e. The lowest BCUT2D eigenvalue weighted by molar-refractivity contribution is -0.142. The molecule has 134 valence electrons. The van der Waals surface area contributed by atoms with Gasteiger partial charge in [0.25, 0.3) is 0 Å². The molecule has 0 bridgehead atoms. The molecule has 1 heterocycles. The normalized spacial score (nSPS) is 12.2. The van der Waals surface area contributed by atoms with E-state index in [-0.39, 0.29) is 5.91 Å². The average molecular weight is 361 g/mol. The van der Waals surface area contributed by atoms with Crippen LogP contribution in [-0.2, 0) is 16.1 Å². The number of nitrogens with one attached hydrogen (secondary N) is 1. The Morgan fingerprint density at radius 3 is 2.60 bits per heavy atom. The fraction of sp³-hybridized carbons (Fsp3) is 0.389. The molecule has 2 rings (SSSR count). The molecular weight excluding hydrogens is 338 g/mol. The first-order chi connectivity index (χ1) is 11.9. The van der Waals surface area contributed by atoms with Crippen molar-refractivity contribution in [3.63, 3.8) is 0 Å². The van der Waals surface area contributed by atoms with Gasteiger partial charge in [-0.05, 0) is 13.8 Å². The van der Waals surface area contributed by atoms with Gasteiger partial charge in [0.05, 0.1) is 0 Å². The second kappa shape index (κ2) is 8.73. The summed E-state index contributed by atoms with van der Waals surface area (Å²) in [6, 6.07) is 7.52. The summed E-state index contributed by atoms with van der Waals surface area (Å²) in [5, 5.41) is 12.9. The summed E-state index contributed by atoms with van der Waals surface area (Å²) in [6.07, 6.45) is 1.79. The SMILES string of the molecule is CC(=O)NCCN(Cc1cnc(-c2ccc(C)cc2)s1)C(C)C(=O)O. The van der Waals surface area contributed by atoms with Crippen molar-refractivity contribution in [2.75, 3.05) is 13.1 Å². The summed E-state index contributed by atoms with van der Waals surface area (Å²) >= 11 is 1.56.